The first-order valence-electron chi connectivity index (χ1n) is 13.9. The van der Waals surface area contributed by atoms with Crippen LogP contribution in [0.5, 0.6) is 0 Å². The van der Waals surface area contributed by atoms with Gasteiger partial charge >= 0.3 is 0 Å². The molecule has 0 aliphatic rings. The molecule has 0 heterocycles. The van der Waals surface area contributed by atoms with Crippen LogP contribution in [0.4, 0.5) is 5.69 Å². The molecule has 214 valence electrons. The van der Waals surface area contributed by atoms with E-state index in [4.69, 9.17) is 0 Å². The highest BCUT2D eigenvalue weighted by atomic mass is 32.2. The zero-order chi connectivity index (χ0) is 29.1. The topological polar surface area (TPSA) is 86.8 Å². The van der Waals surface area contributed by atoms with Crippen LogP contribution in [0.25, 0.3) is 0 Å². The number of carbonyl (C=O) groups excluding carboxylic acids is 2. The summed E-state index contributed by atoms with van der Waals surface area (Å²) in [5.41, 5.74) is 4.11. The van der Waals surface area contributed by atoms with Gasteiger partial charge in [0.1, 0.15) is 12.6 Å². The molecule has 0 bridgehead atoms. The average molecular weight is 564 g/mol. The van der Waals surface area contributed by atoms with Crippen LogP contribution >= 0.6 is 0 Å². The van der Waals surface area contributed by atoms with Gasteiger partial charge in [-0.2, -0.15) is 0 Å². The van der Waals surface area contributed by atoms with Crippen molar-refractivity contribution in [2.24, 2.45) is 0 Å². The van der Waals surface area contributed by atoms with Crippen molar-refractivity contribution in [1.82, 2.24) is 10.2 Å². The van der Waals surface area contributed by atoms with Gasteiger partial charge in [0.05, 0.1) is 11.9 Å². The number of hydrogen-bond acceptors (Lipinski definition) is 4. The predicted molar refractivity (Wildman–Crippen MR) is 162 cm³/mol. The number of amides is 2. The maximum absolute atomic E-state index is 14.2. The van der Waals surface area contributed by atoms with Crippen LogP contribution in [-0.2, 0) is 39.0 Å². The summed E-state index contributed by atoms with van der Waals surface area (Å²) in [5.74, 6) is -0.692. The highest BCUT2D eigenvalue weighted by Crippen LogP contribution is 2.24. The minimum atomic E-state index is -3.80. The fourth-order valence-corrected chi connectivity index (χ4v) is 5.60. The zero-order valence-electron chi connectivity index (χ0n) is 24.0. The number of rotatable bonds is 14. The SMILES string of the molecule is CCCCNC(=O)[C@H](Cc1ccccc1)N(Cc1cccc(C)c1)C(=O)CN(c1ccccc1CC)S(C)(=O)=O. The van der Waals surface area contributed by atoms with E-state index in [0.29, 0.717) is 25.1 Å². The van der Waals surface area contributed by atoms with Gasteiger partial charge in [0.15, 0.2) is 0 Å². The monoisotopic (exact) mass is 563 g/mol. The van der Waals surface area contributed by atoms with E-state index in [1.54, 1.807) is 12.1 Å². The largest absolute Gasteiger partial charge is 0.354 e. The van der Waals surface area contributed by atoms with E-state index in [2.05, 4.69) is 12.2 Å². The Balaban J connectivity index is 2.05. The van der Waals surface area contributed by atoms with Gasteiger partial charge in [0.2, 0.25) is 21.8 Å². The first-order chi connectivity index (χ1) is 19.1. The number of para-hydroxylation sites is 1. The number of sulfonamides is 1. The van der Waals surface area contributed by atoms with E-state index in [-0.39, 0.29) is 12.5 Å². The Morgan fingerprint density at radius 2 is 1.57 bits per heavy atom. The number of nitrogens with one attached hydrogen (secondary N) is 1. The molecule has 8 heteroatoms. The van der Waals surface area contributed by atoms with Gasteiger partial charge in [0, 0.05) is 19.5 Å². The van der Waals surface area contributed by atoms with Crippen LogP contribution in [-0.4, -0.2) is 50.5 Å². The van der Waals surface area contributed by atoms with Gasteiger partial charge < -0.3 is 10.2 Å². The van der Waals surface area contributed by atoms with Crippen LogP contribution < -0.4 is 9.62 Å². The number of aryl methyl sites for hydroxylation is 2. The molecule has 0 fully saturated rings. The Morgan fingerprint density at radius 3 is 2.23 bits per heavy atom. The quantitative estimate of drug-likeness (QED) is 0.283. The maximum Gasteiger partial charge on any atom is 0.244 e. The normalized spacial score (nSPS) is 12.0. The second kappa shape index (κ2) is 14.7. The van der Waals surface area contributed by atoms with Crippen molar-refractivity contribution >= 4 is 27.5 Å². The first kappa shape index (κ1) is 30.9. The number of nitrogens with zero attached hydrogens (tertiary/aromatic N) is 2. The fraction of sp³-hybridized carbons (Fsp3) is 0.375. The molecule has 0 aliphatic carbocycles. The second-order valence-corrected chi connectivity index (χ2v) is 12.0. The fourth-order valence-electron chi connectivity index (χ4n) is 4.72. The summed E-state index contributed by atoms with van der Waals surface area (Å²) < 4.78 is 27.2. The van der Waals surface area contributed by atoms with E-state index in [1.165, 1.54) is 4.90 Å². The van der Waals surface area contributed by atoms with Crippen molar-refractivity contribution in [3.05, 3.63) is 101 Å². The van der Waals surface area contributed by atoms with Gasteiger partial charge in [-0.15, -0.1) is 0 Å². The van der Waals surface area contributed by atoms with Gasteiger partial charge in [0.25, 0.3) is 0 Å². The third kappa shape index (κ3) is 8.68. The summed E-state index contributed by atoms with van der Waals surface area (Å²) in [5, 5.41) is 3.01. The Labute approximate surface area is 239 Å². The van der Waals surface area contributed by atoms with E-state index in [0.717, 1.165) is 45.7 Å². The molecule has 0 unspecified atom stereocenters. The lowest BCUT2D eigenvalue weighted by atomic mass is 10.0. The molecule has 0 saturated carbocycles. The number of anilines is 1. The summed E-state index contributed by atoms with van der Waals surface area (Å²) in [6.45, 7) is 6.24. The summed E-state index contributed by atoms with van der Waals surface area (Å²) >= 11 is 0. The molecule has 7 nitrogen and oxygen atoms in total. The molecule has 3 aromatic rings. The summed E-state index contributed by atoms with van der Waals surface area (Å²) in [6.07, 6.45) is 3.78. The molecule has 0 spiro atoms. The second-order valence-electron chi connectivity index (χ2n) is 10.1. The van der Waals surface area contributed by atoms with E-state index >= 15 is 0 Å². The molecular weight excluding hydrogens is 522 g/mol. The van der Waals surface area contributed by atoms with E-state index in [9.17, 15) is 18.0 Å². The number of carbonyl (C=O) groups is 2. The van der Waals surface area contributed by atoms with Crippen molar-refractivity contribution in [1.29, 1.82) is 0 Å². The summed E-state index contributed by atoms with van der Waals surface area (Å²) in [4.78, 5) is 29.3. The van der Waals surface area contributed by atoms with Crippen molar-refractivity contribution in [2.75, 3.05) is 23.7 Å². The average Bonchev–Trinajstić information content (AvgIpc) is 2.93. The number of unbranched alkanes of at least 4 members (excludes halogenated alkanes) is 1. The summed E-state index contributed by atoms with van der Waals surface area (Å²) in [7, 11) is -3.80. The highest BCUT2D eigenvalue weighted by Gasteiger charge is 2.33. The molecular formula is C32H41N3O4S. The Bertz CT molecular complexity index is 1380. The van der Waals surface area contributed by atoms with Crippen LogP contribution in [0, 0.1) is 6.92 Å². The minimum absolute atomic E-state index is 0.173. The highest BCUT2D eigenvalue weighted by molar-refractivity contribution is 7.92. The Morgan fingerprint density at radius 1 is 0.900 bits per heavy atom. The van der Waals surface area contributed by atoms with Crippen LogP contribution in [0.2, 0.25) is 0 Å². The molecule has 0 saturated heterocycles. The van der Waals surface area contributed by atoms with E-state index < -0.39 is 28.5 Å². The Hall–Kier alpha value is -3.65. The van der Waals surface area contributed by atoms with Crippen molar-refractivity contribution in [3.63, 3.8) is 0 Å². The molecule has 3 aromatic carbocycles. The Kier molecular flexibility index (Phi) is 11.3. The third-order valence-corrected chi connectivity index (χ3v) is 7.98. The minimum Gasteiger partial charge on any atom is -0.354 e. The van der Waals surface area contributed by atoms with Gasteiger partial charge in [-0.1, -0.05) is 98.6 Å². The lowest BCUT2D eigenvalue weighted by Gasteiger charge is -2.34. The molecule has 3 rings (SSSR count). The first-order valence-corrected chi connectivity index (χ1v) is 15.7. The number of benzene rings is 3. The zero-order valence-corrected chi connectivity index (χ0v) is 24.8. The molecule has 0 radical (unpaired) electrons. The van der Waals surface area contributed by atoms with Crippen LogP contribution in [0.3, 0.4) is 0 Å². The molecule has 1 N–H and O–H groups in total. The molecule has 40 heavy (non-hydrogen) atoms. The third-order valence-electron chi connectivity index (χ3n) is 6.86. The maximum atomic E-state index is 14.2. The summed E-state index contributed by atoms with van der Waals surface area (Å²) in [6, 6.07) is 23.7. The van der Waals surface area contributed by atoms with Crippen molar-refractivity contribution < 1.29 is 18.0 Å². The molecule has 1 atom stereocenters. The van der Waals surface area contributed by atoms with Gasteiger partial charge in [-0.3, -0.25) is 13.9 Å². The van der Waals surface area contributed by atoms with Gasteiger partial charge in [-0.25, -0.2) is 8.42 Å². The van der Waals surface area contributed by atoms with Crippen LogP contribution in [0.15, 0.2) is 78.9 Å². The lowest BCUT2D eigenvalue weighted by molar-refractivity contribution is -0.140. The molecule has 0 aliphatic heterocycles. The smallest absolute Gasteiger partial charge is 0.244 e. The number of hydrogen-bond donors (Lipinski definition) is 1. The van der Waals surface area contributed by atoms with E-state index in [1.807, 2.05) is 80.6 Å². The van der Waals surface area contributed by atoms with Gasteiger partial charge in [-0.05, 0) is 42.5 Å². The van der Waals surface area contributed by atoms with Crippen molar-refractivity contribution in [3.8, 4) is 0 Å². The molecule has 0 aromatic heterocycles. The van der Waals surface area contributed by atoms with Crippen LogP contribution in [0.1, 0.15) is 48.9 Å². The van der Waals surface area contributed by atoms with Crippen molar-refractivity contribution in [2.45, 2.75) is 59.0 Å². The molecule has 2 amide bonds. The lowest BCUT2D eigenvalue weighted by Crippen LogP contribution is -2.53. The predicted octanol–water partition coefficient (Wildman–Crippen LogP) is 4.88. The standard InChI is InChI=1S/C32H41N3O4S/c1-5-7-20-33-32(37)30(22-26-15-9-8-10-16-26)34(23-27-17-13-14-25(3)21-27)31(36)24-35(40(4,38)39)29-19-12-11-18-28(29)6-2/h8-19,21,30H,5-7,20,22-24H2,1-4H3,(H,33,37)/t30-/m0/s1.